The van der Waals surface area contributed by atoms with Crippen LogP contribution in [0.2, 0.25) is 0 Å². The van der Waals surface area contributed by atoms with Crippen LogP contribution in [0.25, 0.3) is 0 Å². The van der Waals surface area contributed by atoms with Crippen molar-refractivity contribution in [3.8, 4) is 0 Å². The molecule has 1 aromatic carbocycles. The van der Waals surface area contributed by atoms with E-state index in [1.54, 1.807) is 0 Å². The van der Waals surface area contributed by atoms with Crippen LogP contribution >= 0.6 is 11.8 Å². The summed E-state index contributed by atoms with van der Waals surface area (Å²) in [6, 6.07) is 6.30. The predicted octanol–water partition coefficient (Wildman–Crippen LogP) is 1.43. The first-order valence-corrected chi connectivity index (χ1v) is 8.39. The molecule has 2 aliphatic rings. The molecule has 0 spiro atoms. The molecule has 110 valence electrons. The van der Waals surface area contributed by atoms with Gasteiger partial charge in [0.25, 0.3) is 0 Å². The van der Waals surface area contributed by atoms with Crippen LogP contribution in [-0.2, 0) is 0 Å². The Labute approximate surface area is 125 Å². The lowest BCUT2D eigenvalue weighted by atomic mass is 10.2. The van der Waals surface area contributed by atoms with Crippen molar-refractivity contribution in [3.05, 3.63) is 18.2 Å². The maximum absolute atomic E-state index is 5.95. The van der Waals surface area contributed by atoms with Crippen LogP contribution in [0.15, 0.2) is 23.1 Å². The Balaban J connectivity index is 1.60. The lowest BCUT2D eigenvalue weighted by molar-refractivity contribution is 0.157. The first kappa shape index (κ1) is 14.0. The molecule has 0 radical (unpaired) electrons. The molecule has 0 atom stereocenters. The van der Waals surface area contributed by atoms with Crippen molar-refractivity contribution in [1.82, 2.24) is 9.80 Å². The molecule has 1 fully saturated rings. The number of nitrogens with two attached hydrogens (primary N) is 1. The molecule has 0 bridgehead atoms. The van der Waals surface area contributed by atoms with Crippen molar-refractivity contribution in [2.24, 2.45) is 0 Å². The zero-order valence-corrected chi connectivity index (χ0v) is 13.0. The van der Waals surface area contributed by atoms with E-state index in [1.165, 1.54) is 42.5 Å². The molecule has 0 amide bonds. The summed E-state index contributed by atoms with van der Waals surface area (Å²) in [7, 11) is 2.21. The van der Waals surface area contributed by atoms with Crippen LogP contribution in [0.4, 0.5) is 11.4 Å². The number of hydrogen-bond acceptors (Lipinski definition) is 5. The Kier molecular flexibility index (Phi) is 4.38. The molecular weight excluding hydrogens is 268 g/mol. The Bertz CT molecular complexity index is 457. The fraction of sp³-hybridized carbons (Fsp3) is 0.600. The van der Waals surface area contributed by atoms with Crippen molar-refractivity contribution in [3.63, 3.8) is 0 Å². The third-order valence-electron chi connectivity index (χ3n) is 4.22. The maximum Gasteiger partial charge on any atom is 0.0525 e. The molecule has 2 heterocycles. The smallest absolute Gasteiger partial charge is 0.0525 e. The number of thioether (sulfide) groups is 1. The van der Waals surface area contributed by atoms with Crippen LogP contribution < -0.4 is 10.6 Å². The first-order valence-electron chi connectivity index (χ1n) is 7.40. The minimum atomic E-state index is 0.871. The van der Waals surface area contributed by atoms with Crippen molar-refractivity contribution in [2.45, 2.75) is 4.90 Å². The van der Waals surface area contributed by atoms with E-state index in [2.05, 4.69) is 33.9 Å². The molecule has 5 heteroatoms. The minimum Gasteiger partial charge on any atom is -0.399 e. The predicted molar refractivity (Wildman–Crippen MR) is 87.7 cm³/mol. The molecule has 0 unspecified atom stereocenters. The third kappa shape index (κ3) is 3.22. The van der Waals surface area contributed by atoms with Gasteiger partial charge in [0.05, 0.1) is 5.69 Å². The molecule has 2 N–H and O–H groups in total. The Morgan fingerprint density at radius 2 is 1.90 bits per heavy atom. The summed E-state index contributed by atoms with van der Waals surface area (Å²) in [6.45, 7) is 8.19. The monoisotopic (exact) mass is 292 g/mol. The summed E-state index contributed by atoms with van der Waals surface area (Å²) in [4.78, 5) is 8.86. The first-order chi connectivity index (χ1) is 9.72. The number of likely N-dealkylation sites (N-methyl/N-ethyl adjacent to an activating group) is 1. The van der Waals surface area contributed by atoms with Gasteiger partial charge in [0.1, 0.15) is 0 Å². The maximum atomic E-state index is 5.95. The molecular formula is C15H24N4S. The van der Waals surface area contributed by atoms with Gasteiger partial charge >= 0.3 is 0 Å². The second-order valence-corrected chi connectivity index (χ2v) is 6.84. The van der Waals surface area contributed by atoms with Gasteiger partial charge in [-0.3, -0.25) is 4.90 Å². The average molecular weight is 292 g/mol. The zero-order chi connectivity index (χ0) is 13.9. The molecule has 0 saturated carbocycles. The van der Waals surface area contributed by atoms with Gasteiger partial charge in [-0.1, -0.05) is 0 Å². The van der Waals surface area contributed by atoms with Crippen LogP contribution in [-0.4, -0.2) is 68.4 Å². The summed E-state index contributed by atoms with van der Waals surface area (Å²) >= 11 is 1.95. The number of benzene rings is 1. The minimum absolute atomic E-state index is 0.871. The quantitative estimate of drug-likeness (QED) is 0.853. The highest BCUT2D eigenvalue weighted by Crippen LogP contribution is 2.35. The lowest BCUT2D eigenvalue weighted by Crippen LogP contribution is -2.47. The topological polar surface area (TPSA) is 35.7 Å². The van der Waals surface area contributed by atoms with Crippen molar-refractivity contribution >= 4 is 23.1 Å². The number of rotatable bonds is 3. The average Bonchev–Trinajstić information content (AvgIpc) is 2.47. The van der Waals surface area contributed by atoms with Gasteiger partial charge in [-0.15, -0.1) is 11.8 Å². The number of piperazine rings is 1. The Morgan fingerprint density at radius 1 is 1.10 bits per heavy atom. The van der Waals surface area contributed by atoms with Gasteiger partial charge in [-0.2, -0.15) is 0 Å². The van der Waals surface area contributed by atoms with Crippen LogP contribution in [0, 0.1) is 0 Å². The standard InChI is InChI=1S/C15H24N4S/c1-17-4-6-18(7-5-17)8-9-19-10-11-20-15-3-2-13(16)12-14(15)19/h2-3,12H,4-11,16H2,1H3. The summed E-state index contributed by atoms with van der Waals surface area (Å²) in [5.41, 5.74) is 8.15. The summed E-state index contributed by atoms with van der Waals surface area (Å²) in [5, 5.41) is 0. The number of fused-ring (bicyclic) bond motifs is 1. The normalized spacial score (nSPS) is 20.9. The van der Waals surface area contributed by atoms with Gasteiger partial charge < -0.3 is 15.5 Å². The van der Waals surface area contributed by atoms with Crippen LogP contribution in [0.3, 0.4) is 0 Å². The van der Waals surface area contributed by atoms with E-state index in [4.69, 9.17) is 5.73 Å². The summed E-state index contributed by atoms with van der Waals surface area (Å²) in [5.74, 6) is 1.18. The largest absolute Gasteiger partial charge is 0.399 e. The summed E-state index contributed by atoms with van der Waals surface area (Å²) in [6.07, 6.45) is 0. The third-order valence-corrected chi connectivity index (χ3v) is 5.27. The van der Waals surface area contributed by atoms with Gasteiger partial charge in [0.15, 0.2) is 0 Å². The van der Waals surface area contributed by atoms with E-state index < -0.39 is 0 Å². The van der Waals surface area contributed by atoms with Crippen molar-refractivity contribution in [1.29, 1.82) is 0 Å². The Morgan fingerprint density at radius 3 is 2.70 bits per heavy atom. The fourth-order valence-electron chi connectivity index (χ4n) is 2.86. The molecule has 20 heavy (non-hydrogen) atoms. The highest BCUT2D eigenvalue weighted by molar-refractivity contribution is 7.99. The van der Waals surface area contributed by atoms with Crippen LogP contribution in [0.5, 0.6) is 0 Å². The molecule has 0 aliphatic carbocycles. The SMILES string of the molecule is CN1CCN(CCN2CCSc3ccc(N)cc32)CC1. The van der Waals surface area contributed by atoms with Gasteiger partial charge in [0, 0.05) is 62.1 Å². The molecule has 2 aliphatic heterocycles. The van der Waals surface area contributed by atoms with E-state index in [0.717, 1.165) is 25.3 Å². The molecule has 4 nitrogen and oxygen atoms in total. The number of anilines is 2. The Hall–Kier alpha value is -0.910. The van der Waals surface area contributed by atoms with Gasteiger partial charge in [-0.05, 0) is 25.2 Å². The fourth-order valence-corrected chi connectivity index (χ4v) is 3.89. The zero-order valence-electron chi connectivity index (χ0n) is 12.2. The van der Waals surface area contributed by atoms with E-state index >= 15 is 0 Å². The van der Waals surface area contributed by atoms with Gasteiger partial charge in [0.2, 0.25) is 0 Å². The second kappa shape index (κ2) is 6.24. The molecule has 0 aromatic heterocycles. The van der Waals surface area contributed by atoms with E-state index in [9.17, 15) is 0 Å². The van der Waals surface area contributed by atoms with Crippen LogP contribution in [0.1, 0.15) is 0 Å². The lowest BCUT2D eigenvalue weighted by Gasteiger charge is -2.36. The number of nitrogen functional groups attached to an aromatic ring is 1. The van der Waals surface area contributed by atoms with Gasteiger partial charge in [-0.25, -0.2) is 0 Å². The highest BCUT2D eigenvalue weighted by atomic mass is 32.2. The molecule has 1 aromatic rings. The molecule has 3 rings (SSSR count). The van der Waals surface area contributed by atoms with Crippen molar-refractivity contribution in [2.75, 3.05) is 69.2 Å². The van der Waals surface area contributed by atoms with Crippen molar-refractivity contribution < 1.29 is 0 Å². The number of hydrogen-bond donors (Lipinski definition) is 1. The molecule has 1 saturated heterocycles. The summed E-state index contributed by atoms with van der Waals surface area (Å²) < 4.78 is 0. The van der Waals surface area contributed by atoms with E-state index in [-0.39, 0.29) is 0 Å². The second-order valence-electron chi connectivity index (χ2n) is 5.71. The highest BCUT2D eigenvalue weighted by Gasteiger charge is 2.19. The van der Waals surface area contributed by atoms with E-state index in [1.807, 2.05) is 17.8 Å². The van der Waals surface area contributed by atoms with E-state index in [0.29, 0.717) is 0 Å². The number of nitrogens with zero attached hydrogens (tertiary/aromatic N) is 3.